The topological polar surface area (TPSA) is 26.0 Å². The van der Waals surface area contributed by atoms with Crippen LogP contribution in [0.2, 0.25) is 0 Å². The van der Waals surface area contributed by atoms with Crippen LogP contribution in [0.4, 0.5) is 0 Å². The van der Waals surface area contributed by atoms with Crippen molar-refractivity contribution in [1.29, 1.82) is 0 Å². The lowest BCUT2D eigenvalue weighted by Crippen LogP contribution is -2.13. The number of hydrogen-bond donors (Lipinski definition) is 1. The van der Waals surface area contributed by atoms with E-state index < -0.39 is 0 Å². The predicted octanol–water partition coefficient (Wildman–Crippen LogP) is 3.34. The van der Waals surface area contributed by atoms with Crippen LogP contribution in [0.25, 0.3) is 0 Å². The van der Waals surface area contributed by atoms with E-state index >= 15 is 0 Å². The lowest BCUT2D eigenvalue weighted by molar-refractivity contribution is 0.844. The van der Waals surface area contributed by atoms with Crippen LogP contribution in [0.3, 0.4) is 0 Å². The number of fused-ring (bicyclic) bond motifs is 2. The van der Waals surface area contributed by atoms with Gasteiger partial charge in [-0.1, -0.05) is 42.5 Å². The Morgan fingerprint density at radius 3 is 2.50 bits per heavy atom. The lowest BCUT2D eigenvalue weighted by atomic mass is 9.96. The Bertz CT molecular complexity index is 474. The molecule has 1 nitrogen and oxygen atoms in total. The van der Waals surface area contributed by atoms with E-state index in [4.69, 9.17) is 5.73 Å². The minimum Gasteiger partial charge on any atom is -0.320 e. The number of nitrogens with two attached hydrogens (primary N) is 1. The van der Waals surface area contributed by atoms with Crippen molar-refractivity contribution in [2.24, 2.45) is 5.73 Å². The summed E-state index contributed by atoms with van der Waals surface area (Å²) in [5, 5.41) is 0. The van der Waals surface area contributed by atoms with E-state index in [0.29, 0.717) is 0 Å². The van der Waals surface area contributed by atoms with Crippen LogP contribution < -0.4 is 5.73 Å². The summed E-state index contributed by atoms with van der Waals surface area (Å²) in [5.41, 5.74) is 10.2. The Hall–Kier alpha value is -1.25. The first-order chi connectivity index (χ1) is 7.86. The smallest absolute Gasteiger partial charge is 0.0565 e. The van der Waals surface area contributed by atoms with Gasteiger partial charge in [0.2, 0.25) is 0 Å². The van der Waals surface area contributed by atoms with Crippen LogP contribution in [-0.4, -0.2) is 0 Å². The normalized spacial score (nSPS) is 18.4. The standard InChI is InChI=1S/C14H13NS/c15-14-11-6-2-1-5-10(11)9-16-13-8-4-3-7-12(13)14/h1-8,14H,9,15H2/t14-/m0/s1. The van der Waals surface area contributed by atoms with E-state index in [1.807, 2.05) is 11.8 Å². The van der Waals surface area contributed by atoms with E-state index in [1.165, 1.54) is 21.6 Å². The zero-order chi connectivity index (χ0) is 11.0. The highest BCUT2D eigenvalue weighted by Gasteiger charge is 2.19. The van der Waals surface area contributed by atoms with Gasteiger partial charge in [-0.05, 0) is 22.8 Å². The molecule has 16 heavy (non-hydrogen) atoms. The van der Waals surface area contributed by atoms with Gasteiger partial charge in [0.15, 0.2) is 0 Å². The lowest BCUT2D eigenvalue weighted by Gasteiger charge is -2.14. The average Bonchev–Trinajstić information content (AvgIpc) is 2.49. The molecule has 0 spiro atoms. The molecule has 2 aromatic carbocycles. The highest BCUT2D eigenvalue weighted by atomic mass is 32.2. The van der Waals surface area contributed by atoms with Gasteiger partial charge < -0.3 is 5.73 Å². The average molecular weight is 227 g/mol. The molecule has 1 aliphatic rings. The van der Waals surface area contributed by atoms with Crippen molar-refractivity contribution in [2.75, 3.05) is 0 Å². The molecule has 2 heteroatoms. The second-order valence-corrected chi connectivity index (χ2v) is 5.02. The summed E-state index contributed by atoms with van der Waals surface area (Å²) in [7, 11) is 0. The molecule has 0 bridgehead atoms. The van der Waals surface area contributed by atoms with Crippen LogP contribution in [0, 0.1) is 0 Å². The minimum atomic E-state index is 0.0161. The summed E-state index contributed by atoms with van der Waals surface area (Å²) >= 11 is 1.88. The fourth-order valence-electron chi connectivity index (χ4n) is 2.16. The van der Waals surface area contributed by atoms with Gasteiger partial charge >= 0.3 is 0 Å². The van der Waals surface area contributed by atoms with Gasteiger partial charge in [-0.2, -0.15) is 0 Å². The molecule has 0 saturated carbocycles. The molecule has 0 aliphatic carbocycles. The third-order valence-corrected chi connectivity index (χ3v) is 4.17. The molecule has 0 aromatic heterocycles. The molecular weight excluding hydrogens is 214 g/mol. The molecule has 1 atom stereocenters. The maximum atomic E-state index is 6.34. The van der Waals surface area contributed by atoms with Crippen molar-refractivity contribution >= 4 is 11.8 Å². The van der Waals surface area contributed by atoms with Crippen molar-refractivity contribution in [3.63, 3.8) is 0 Å². The number of benzene rings is 2. The molecule has 0 fully saturated rings. The van der Waals surface area contributed by atoms with Gasteiger partial charge in [-0.25, -0.2) is 0 Å². The summed E-state index contributed by atoms with van der Waals surface area (Å²) in [6.07, 6.45) is 0. The van der Waals surface area contributed by atoms with Gasteiger partial charge in [-0.3, -0.25) is 0 Å². The molecule has 2 aromatic rings. The van der Waals surface area contributed by atoms with Crippen LogP contribution in [-0.2, 0) is 5.75 Å². The first kappa shape index (κ1) is 9.94. The largest absolute Gasteiger partial charge is 0.320 e. The Kier molecular flexibility index (Phi) is 2.46. The molecule has 3 rings (SSSR count). The van der Waals surface area contributed by atoms with Crippen LogP contribution in [0.1, 0.15) is 22.7 Å². The summed E-state index contributed by atoms with van der Waals surface area (Å²) in [5.74, 6) is 1.01. The van der Waals surface area contributed by atoms with Crippen LogP contribution in [0.5, 0.6) is 0 Å². The van der Waals surface area contributed by atoms with E-state index in [0.717, 1.165) is 5.75 Å². The molecule has 0 saturated heterocycles. The Morgan fingerprint density at radius 1 is 0.938 bits per heavy atom. The first-order valence-electron chi connectivity index (χ1n) is 5.41. The quantitative estimate of drug-likeness (QED) is 0.747. The maximum absolute atomic E-state index is 6.34. The number of thioether (sulfide) groups is 1. The van der Waals surface area contributed by atoms with Gasteiger partial charge in [0.1, 0.15) is 0 Å². The van der Waals surface area contributed by atoms with Crippen molar-refractivity contribution in [2.45, 2.75) is 16.7 Å². The zero-order valence-corrected chi connectivity index (χ0v) is 9.71. The molecule has 0 amide bonds. The van der Waals surface area contributed by atoms with Crippen molar-refractivity contribution in [1.82, 2.24) is 0 Å². The fraction of sp³-hybridized carbons (Fsp3) is 0.143. The monoisotopic (exact) mass is 227 g/mol. The molecule has 0 unspecified atom stereocenters. The number of rotatable bonds is 0. The summed E-state index contributed by atoms with van der Waals surface area (Å²) in [6.45, 7) is 0. The number of hydrogen-bond acceptors (Lipinski definition) is 2. The highest BCUT2D eigenvalue weighted by molar-refractivity contribution is 7.98. The summed E-state index contributed by atoms with van der Waals surface area (Å²) in [6, 6.07) is 16.9. The van der Waals surface area contributed by atoms with E-state index in [9.17, 15) is 0 Å². The van der Waals surface area contributed by atoms with Crippen molar-refractivity contribution in [3.8, 4) is 0 Å². The Labute approximate surface area is 99.7 Å². The summed E-state index contributed by atoms with van der Waals surface area (Å²) in [4.78, 5) is 1.31. The molecule has 1 heterocycles. The van der Waals surface area contributed by atoms with Gasteiger partial charge in [-0.15, -0.1) is 11.8 Å². The Morgan fingerprint density at radius 2 is 1.62 bits per heavy atom. The SMILES string of the molecule is N[C@H]1c2ccccc2CSc2ccccc21. The van der Waals surface area contributed by atoms with E-state index in [2.05, 4.69) is 48.5 Å². The van der Waals surface area contributed by atoms with E-state index in [1.54, 1.807) is 0 Å². The van der Waals surface area contributed by atoms with Crippen LogP contribution in [0.15, 0.2) is 53.4 Å². The zero-order valence-electron chi connectivity index (χ0n) is 8.89. The fourth-order valence-corrected chi connectivity index (χ4v) is 3.27. The van der Waals surface area contributed by atoms with Gasteiger partial charge in [0.05, 0.1) is 6.04 Å². The first-order valence-corrected chi connectivity index (χ1v) is 6.40. The maximum Gasteiger partial charge on any atom is 0.0565 e. The predicted molar refractivity (Wildman–Crippen MR) is 68.5 cm³/mol. The second kappa shape index (κ2) is 3.96. The summed E-state index contributed by atoms with van der Waals surface area (Å²) < 4.78 is 0. The third-order valence-electron chi connectivity index (χ3n) is 3.03. The molecular formula is C14H13NS. The minimum absolute atomic E-state index is 0.0161. The second-order valence-electron chi connectivity index (χ2n) is 4.00. The van der Waals surface area contributed by atoms with E-state index in [-0.39, 0.29) is 6.04 Å². The van der Waals surface area contributed by atoms with Gasteiger partial charge in [0, 0.05) is 10.6 Å². The third kappa shape index (κ3) is 1.55. The van der Waals surface area contributed by atoms with Gasteiger partial charge in [0.25, 0.3) is 0 Å². The van der Waals surface area contributed by atoms with Crippen LogP contribution >= 0.6 is 11.8 Å². The van der Waals surface area contributed by atoms with Crippen molar-refractivity contribution in [3.05, 3.63) is 65.2 Å². The molecule has 1 aliphatic heterocycles. The molecule has 2 N–H and O–H groups in total. The van der Waals surface area contributed by atoms with Crippen molar-refractivity contribution < 1.29 is 0 Å². The Balaban J connectivity index is 2.18. The molecule has 0 radical (unpaired) electrons. The highest BCUT2D eigenvalue weighted by Crippen LogP contribution is 2.37. The molecule has 80 valence electrons.